The lowest BCUT2D eigenvalue weighted by molar-refractivity contribution is 0.103. The molecule has 5 nitrogen and oxygen atoms in total. The lowest BCUT2D eigenvalue weighted by atomic mass is 9.73. The van der Waals surface area contributed by atoms with Gasteiger partial charge in [-0.05, 0) is 144 Å². The Labute approximate surface area is 419 Å². The zero-order chi connectivity index (χ0) is 48.5. The molecule has 0 N–H and O–H groups in total. The number of hydrogen-bond donors (Lipinski definition) is 0. The Morgan fingerprint density at radius 2 is 0.597 bits per heavy atom. The SMILES string of the molecule is CC1(C)c2ccccc2N(c2ccc3c(c2)c2ccccc2n3-c2ccc(C(=O)c3ccc(-n4c5ccccc5c5cc(N6c7ccccc7C(C)(C)c7ccccc76)ccc54)cc3)cc2)c2ccccc21. The van der Waals surface area contributed by atoms with E-state index in [0.29, 0.717) is 11.1 Å². The summed E-state index contributed by atoms with van der Waals surface area (Å²) in [6.07, 6.45) is 0. The minimum atomic E-state index is -0.130. The van der Waals surface area contributed by atoms with Crippen LogP contribution in [0.1, 0.15) is 65.9 Å². The highest BCUT2D eigenvalue weighted by molar-refractivity contribution is 6.13. The molecule has 12 aromatic rings. The van der Waals surface area contributed by atoms with Crippen molar-refractivity contribution in [3.63, 3.8) is 0 Å². The molecule has 0 atom stereocenters. The Morgan fingerprint density at radius 3 is 0.958 bits per heavy atom. The average Bonchev–Trinajstić information content (AvgIpc) is 3.93. The number of ketones is 1. The van der Waals surface area contributed by atoms with Crippen LogP contribution in [0.25, 0.3) is 55.0 Å². The molecule has 0 bridgehead atoms. The summed E-state index contributed by atoms with van der Waals surface area (Å²) in [6.45, 7) is 9.30. The van der Waals surface area contributed by atoms with Crippen LogP contribution in [0, 0.1) is 0 Å². The highest BCUT2D eigenvalue weighted by atomic mass is 16.1. The number of carbonyl (C=O) groups is 1. The van der Waals surface area contributed by atoms with Crippen molar-refractivity contribution >= 4 is 83.5 Å². The van der Waals surface area contributed by atoms with E-state index < -0.39 is 0 Å². The van der Waals surface area contributed by atoms with Crippen LogP contribution in [0.4, 0.5) is 34.1 Å². The summed E-state index contributed by atoms with van der Waals surface area (Å²) >= 11 is 0. The molecule has 72 heavy (non-hydrogen) atoms. The fraction of sp³-hybridized carbons (Fsp3) is 0.0896. The molecule has 2 aliphatic heterocycles. The van der Waals surface area contributed by atoms with Crippen molar-refractivity contribution in [1.29, 1.82) is 0 Å². The van der Waals surface area contributed by atoms with E-state index in [2.05, 4.69) is 253 Å². The molecule has 0 saturated heterocycles. The second kappa shape index (κ2) is 15.5. The number of fused-ring (bicyclic) bond motifs is 10. The Hall–Kier alpha value is -8.93. The smallest absolute Gasteiger partial charge is 0.193 e. The van der Waals surface area contributed by atoms with Crippen molar-refractivity contribution in [2.24, 2.45) is 0 Å². The summed E-state index contributed by atoms with van der Waals surface area (Å²) in [5, 5.41) is 4.71. The van der Waals surface area contributed by atoms with E-state index in [1.165, 1.54) is 66.5 Å². The average molecular weight is 927 g/mol. The Morgan fingerprint density at radius 1 is 0.306 bits per heavy atom. The van der Waals surface area contributed by atoms with Gasteiger partial charge in [-0.1, -0.05) is 137 Å². The highest BCUT2D eigenvalue weighted by Crippen LogP contribution is 2.54. The minimum absolute atomic E-state index is 0.0117. The van der Waals surface area contributed by atoms with Gasteiger partial charge in [0.15, 0.2) is 5.78 Å². The Bertz CT molecular complexity index is 3820. The quantitative estimate of drug-likeness (QED) is 0.156. The summed E-state index contributed by atoms with van der Waals surface area (Å²) in [6, 6.07) is 82.3. The maximum absolute atomic E-state index is 14.3. The summed E-state index contributed by atoms with van der Waals surface area (Å²) in [4.78, 5) is 19.1. The molecule has 2 aromatic heterocycles. The second-order valence-corrected chi connectivity index (χ2v) is 20.5. The fourth-order valence-electron chi connectivity index (χ4n) is 12.3. The lowest BCUT2D eigenvalue weighted by Crippen LogP contribution is -2.30. The maximum Gasteiger partial charge on any atom is 0.193 e. The molecule has 344 valence electrons. The molecular formula is C67H50N4O. The largest absolute Gasteiger partial charge is 0.310 e. The first-order chi connectivity index (χ1) is 35.2. The number of carbonyl (C=O) groups excluding carboxylic acids is 1. The van der Waals surface area contributed by atoms with Crippen LogP contribution in [0.3, 0.4) is 0 Å². The van der Waals surface area contributed by atoms with E-state index in [1.807, 2.05) is 24.3 Å². The predicted molar refractivity (Wildman–Crippen MR) is 299 cm³/mol. The molecule has 10 aromatic carbocycles. The van der Waals surface area contributed by atoms with Gasteiger partial charge in [0, 0.05) is 66.3 Å². The molecule has 14 rings (SSSR count). The van der Waals surface area contributed by atoms with Crippen molar-refractivity contribution < 1.29 is 4.79 Å². The number of nitrogens with zero attached hydrogens (tertiary/aromatic N) is 4. The van der Waals surface area contributed by atoms with Crippen LogP contribution in [0.15, 0.2) is 231 Å². The summed E-state index contributed by atoms with van der Waals surface area (Å²) in [5.74, 6) is -0.0117. The first kappa shape index (κ1) is 42.0. The van der Waals surface area contributed by atoms with Gasteiger partial charge in [0.2, 0.25) is 0 Å². The monoisotopic (exact) mass is 926 g/mol. The topological polar surface area (TPSA) is 33.4 Å². The van der Waals surface area contributed by atoms with Crippen molar-refractivity contribution in [1.82, 2.24) is 9.13 Å². The van der Waals surface area contributed by atoms with E-state index in [0.717, 1.165) is 44.8 Å². The molecule has 2 aliphatic rings. The van der Waals surface area contributed by atoms with Crippen molar-refractivity contribution in [3.8, 4) is 11.4 Å². The summed E-state index contributed by atoms with van der Waals surface area (Å²) in [7, 11) is 0. The van der Waals surface area contributed by atoms with Crippen LogP contribution in [0.2, 0.25) is 0 Å². The minimum Gasteiger partial charge on any atom is -0.310 e. The predicted octanol–water partition coefficient (Wildman–Crippen LogP) is 17.3. The fourth-order valence-corrected chi connectivity index (χ4v) is 12.3. The van der Waals surface area contributed by atoms with Crippen LogP contribution in [-0.4, -0.2) is 14.9 Å². The van der Waals surface area contributed by atoms with Gasteiger partial charge in [0.1, 0.15) is 0 Å². The number of aromatic nitrogens is 2. The molecule has 0 spiro atoms. The van der Waals surface area contributed by atoms with Gasteiger partial charge in [-0.3, -0.25) is 4.79 Å². The van der Waals surface area contributed by atoms with Gasteiger partial charge < -0.3 is 18.9 Å². The number of anilines is 6. The molecule has 0 fully saturated rings. The van der Waals surface area contributed by atoms with Gasteiger partial charge >= 0.3 is 0 Å². The third kappa shape index (κ3) is 6.04. The maximum atomic E-state index is 14.3. The van der Waals surface area contributed by atoms with Crippen LogP contribution >= 0.6 is 0 Å². The van der Waals surface area contributed by atoms with Gasteiger partial charge in [-0.25, -0.2) is 0 Å². The van der Waals surface area contributed by atoms with Crippen LogP contribution < -0.4 is 9.80 Å². The third-order valence-electron chi connectivity index (χ3n) is 15.9. The summed E-state index contributed by atoms with van der Waals surface area (Å²) < 4.78 is 4.64. The lowest BCUT2D eigenvalue weighted by Gasteiger charge is -2.42. The number of benzene rings is 10. The second-order valence-electron chi connectivity index (χ2n) is 20.5. The van der Waals surface area contributed by atoms with E-state index >= 15 is 0 Å². The number of hydrogen-bond acceptors (Lipinski definition) is 3. The molecule has 0 unspecified atom stereocenters. The molecule has 0 aliphatic carbocycles. The van der Waals surface area contributed by atoms with Gasteiger partial charge in [0.05, 0.1) is 44.8 Å². The van der Waals surface area contributed by atoms with Crippen LogP contribution in [0.5, 0.6) is 0 Å². The van der Waals surface area contributed by atoms with Crippen molar-refractivity contribution in [3.05, 3.63) is 264 Å². The zero-order valence-electron chi connectivity index (χ0n) is 40.6. The van der Waals surface area contributed by atoms with Crippen LogP contribution in [-0.2, 0) is 10.8 Å². The number of para-hydroxylation sites is 6. The normalized spacial score (nSPS) is 14.3. The molecule has 0 saturated carbocycles. The van der Waals surface area contributed by atoms with Gasteiger partial charge in [-0.2, -0.15) is 0 Å². The van der Waals surface area contributed by atoms with E-state index in [4.69, 9.17) is 0 Å². The van der Waals surface area contributed by atoms with E-state index in [9.17, 15) is 4.79 Å². The summed E-state index contributed by atoms with van der Waals surface area (Å²) in [5.41, 5.74) is 19.8. The Kier molecular flexibility index (Phi) is 9.06. The molecule has 0 amide bonds. The first-order valence-electron chi connectivity index (χ1n) is 25.0. The Balaban J connectivity index is 0.789. The van der Waals surface area contributed by atoms with Crippen molar-refractivity contribution in [2.75, 3.05) is 9.80 Å². The van der Waals surface area contributed by atoms with E-state index in [-0.39, 0.29) is 16.6 Å². The highest BCUT2D eigenvalue weighted by Gasteiger charge is 2.38. The van der Waals surface area contributed by atoms with E-state index in [1.54, 1.807) is 0 Å². The zero-order valence-corrected chi connectivity index (χ0v) is 40.6. The molecule has 4 heterocycles. The molecule has 5 heteroatoms. The molecular weight excluding hydrogens is 877 g/mol. The molecule has 0 radical (unpaired) electrons. The first-order valence-corrected chi connectivity index (χ1v) is 25.0. The standard InChI is InChI=1S/C67H50N4O/c1-66(2)53-19-7-13-25-61(53)70(62-26-14-8-20-54(62)66)47-37-39-59-51(41-47)49-17-5-11-23-57(49)68(59)45-33-29-43(30-34-45)65(72)44-31-35-46(36-32-44)69-58-24-12-6-18-50(58)52-42-48(38-40-60(52)69)71-63-27-15-9-21-55(63)67(3,4)56-22-10-16-28-64(56)71/h5-42H,1-4H3. The van der Waals surface area contributed by atoms with Gasteiger partial charge in [0.25, 0.3) is 0 Å². The van der Waals surface area contributed by atoms with Gasteiger partial charge in [-0.15, -0.1) is 0 Å². The van der Waals surface area contributed by atoms with Crippen molar-refractivity contribution in [2.45, 2.75) is 38.5 Å². The number of rotatable bonds is 6. The third-order valence-corrected chi connectivity index (χ3v) is 15.9.